The minimum Gasteiger partial charge on any atom is -0.462 e. The molecule has 0 heterocycles. The third-order valence-electron chi connectivity index (χ3n) is 2.40. The van der Waals surface area contributed by atoms with Gasteiger partial charge in [0.25, 0.3) is 0 Å². The maximum Gasteiger partial charge on any atom is 0.341 e. The average Bonchev–Trinajstić information content (AvgIpc) is 2.37. The Morgan fingerprint density at radius 3 is 2.41 bits per heavy atom. The van der Waals surface area contributed by atoms with E-state index in [-0.39, 0.29) is 5.97 Å². The van der Waals surface area contributed by atoms with Crippen LogP contribution in [-0.2, 0) is 9.53 Å². The van der Waals surface area contributed by atoms with E-state index in [0.717, 1.165) is 17.6 Å². The summed E-state index contributed by atoms with van der Waals surface area (Å²) in [5.74, 6) is -0.297. The first-order valence-corrected chi connectivity index (χ1v) is 5.88. The Morgan fingerprint density at radius 2 is 1.88 bits per heavy atom. The van der Waals surface area contributed by atoms with Gasteiger partial charge in [0.1, 0.15) is 0 Å². The van der Waals surface area contributed by atoms with Crippen LogP contribution < -0.4 is 0 Å². The minimum atomic E-state index is -0.297. The SMILES string of the molecule is CCOC(=O)C(C)=C=C(CC)c1ccccc1. The number of benzene rings is 1. The number of carbonyl (C=O) groups is 1. The van der Waals surface area contributed by atoms with E-state index in [4.69, 9.17) is 4.74 Å². The lowest BCUT2D eigenvalue weighted by Crippen LogP contribution is -2.04. The number of carbonyl (C=O) groups excluding carboxylic acids is 1. The lowest BCUT2D eigenvalue weighted by Gasteiger charge is -2.02. The third-order valence-corrected chi connectivity index (χ3v) is 2.40. The number of hydrogen-bond donors (Lipinski definition) is 0. The molecule has 0 unspecified atom stereocenters. The maximum absolute atomic E-state index is 11.5. The Kier molecular flexibility index (Phi) is 5.25. The minimum absolute atomic E-state index is 0.297. The van der Waals surface area contributed by atoms with E-state index in [1.807, 2.05) is 37.3 Å². The Balaban J connectivity index is 3.09. The van der Waals surface area contributed by atoms with E-state index in [1.165, 1.54) is 0 Å². The van der Waals surface area contributed by atoms with Crippen molar-refractivity contribution in [2.75, 3.05) is 6.61 Å². The van der Waals surface area contributed by atoms with Crippen molar-refractivity contribution in [1.82, 2.24) is 0 Å². The van der Waals surface area contributed by atoms with Gasteiger partial charge in [-0.1, -0.05) is 37.3 Å². The molecule has 17 heavy (non-hydrogen) atoms. The molecular weight excluding hydrogens is 212 g/mol. The summed E-state index contributed by atoms with van der Waals surface area (Å²) in [6, 6.07) is 9.96. The van der Waals surface area contributed by atoms with Crippen molar-refractivity contribution in [3.63, 3.8) is 0 Å². The zero-order valence-corrected chi connectivity index (χ0v) is 10.6. The van der Waals surface area contributed by atoms with Gasteiger partial charge in [0.15, 0.2) is 0 Å². The topological polar surface area (TPSA) is 26.3 Å². The molecule has 0 spiro atoms. The van der Waals surface area contributed by atoms with Gasteiger partial charge in [-0.2, -0.15) is 0 Å². The highest BCUT2D eigenvalue weighted by atomic mass is 16.5. The molecule has 0 radical (unpaired) electrons. The molecule has 0 aromatic heterocycles. The van der Waals surface area contributed by atoms with Gasteiger partial charge < -0.3 is 4.74 Å². The summed E-state index contributed by atoms with van der Waals surface area (Å²) in [5, 5.41) is 0. The molecule has 0 amide bonds. The van der Waals surface area contributed by atoms with E-state index in [2.05, 4.69) is 5.73 Å². The van der Waals surface area contributed by atoms with E-state index in [0.29, 0.717) is 12.2 Å². The molecule has 0 aliphatic carbocycles. The van der Waals surface area contributed by atoms with Crippen LogP contribution in [0.1, 0.15) is 32.8 Å². The molecule has 0 aliphatic rings. The lowest BCUT2D eigenvalue weighted by atomic mass is 10.0. The van der Waals surface area contributed by atoms with Crippen molar-refractivity contribution in [2.45, 2.75) is 27.2 Å². The molecule has 0 N–H and O–H groups in total. The fourth-order valence-corrected chi connectivity index (χ4v) is 1.52. The Bertz CT molecular complexity index is 437. The van der Waals surface area contributed by atoms with E-state index < -0.39 is 0 Å². The fraction of sp³-hybridized carbons (Fsp3) is 0.333. The average molecular weight is 230 g/mol. The molecule has 1 aromatic rings. The number of rotatable bonds is 4. The first-order chi connectivity index (χ1) is 8.19. The van der Waals surface area contributed by atoms with Crippen LogP contribution in [0.3, 0.4) is 0 Å². The summed E-state index contributed by atoms with van der Waals surface area (Å²) < 4.78 is 4.93. The summed E-state index contributed by atoms with van der Waals surface area (Å²) in [4.78, 5) is 11.5. The zero-order valence-electron chi connectivity index (χ0n) is 10.6. The molecule has 0 aliphatic heterocycles. The van der Waals surface area contributed by atoms with Crippen molar-refractivity contribution >= 4 is 11.5 Å². The Hall–Kier alpha value is -1.79. The molecule has 2 nitrogen and oxygen atoms in total. The van der Waals surface area contributed by atoms with Gasteiger partial charge in [-0.15, -0.1) is 5.73 Å². The summed E-state index contributed by atoms with van der Waals surface area (Å²) in [6.07, 6.45) is 0.834. The summed E-state index contributed by atoms with van der Waals surface area (Å²) in [5.41, 5.74) is 5.77. The molecule has 1 aromatic carbocycles. The number of esters is 1. The van der Waals surface area contributed by atoms with Crippen molar-refractivity contribution in [3.05, 3.63) is 47.2 Å². The number of ether oxygens (including phenoxy) is 1. The normalized spacial score (nSPS) is 9.35. The van der Waals surface area contributed by atoms with Gasteiger partial charge in [0.05, 0.1) is 12.2 Å². The summed E-state index contributed by atoms with van der Waals surface area (Å²) in [7, 11) is 0. The van der Waals surface area contributed by atoms with Gasteiger partial charge >= 0.3 is 5.97 Å². The van der Waals surface area contributed by atoms with Crippen LogP contribution in [0.4, 0.5) is 0 Å². The van der Waals surface area contributed by atoms with Gasteiger partial charge in [-0.05, 0) is 25.8 Å². The molecule has 0 atom stereocenters. The predicted molar refractivity (Wildman–Crippen MR) is 69.5 cm³/mol. The van der Waals surface area contributed by atoms with Crippen molar-refractivity contribution in [1.29, 1.82) is 0 Å². The van der Waals surface area contributed by atoms with Crippen molar-refractivity contribution in [2.24, 2.45) is 0 Å². The van der Waals surface area contributed by atoms with Crippen LogP contribution in [0.5, 0.6) is 0 Å². The second kappa shape index (κ2) is 6.72. The quantitative estimate of drug-likeness (QED) is 0.449. The van der Waals surface area contributed by atoms with Crippen LogP contribution in [-0.4, -0.2) is 12.6 Å². The highest BCUT2D eigenvalue weighted by Gasteiger charge is 2.04. The maximum atomic E-state index is 11.5. The van der Waals surface area contributed by atoms with Crippen LogP contribution in [0.15, 0.2) is 41.6 Å². The van der Waals surface area contributed by atoms with Crippen LogP contribution in [0.25, 0.3) is 5.57 Å². The molecule has 1 rings (SSSR count). The summed E-state index contributed by atoms with van der Waals surface area (Å²) in [6.45, 7) is 5.97. The standard InChI is InChI=1S/C15H18O2/c1-4-13(14-9-7-6-8-10-14)11-12(3)15(16)17-5-2/h6-10H,4-5H2,1-3H3. The first-order valence-electron chi connectivity index (χ1n) is 5.88. The monoisotopic (exact) mass is 230 g/mol. The molecule has 2 heteroatoms. The van der Waals surface area contributed by atoms with Crippen molar-refractivity contribution < 1.29 is 9.53 Å². The highest BCUT2D eigenvalue weighted by molar-refractivity contribution is 5.89. The van der Waals surface area contributed by atoms with Crippen LogP contribution >= 0.6 is 0 Å². The van der Waals surface area contributed by atoms with E-state index in [1.54, 1.807) is 13.8 Å². The van der Waals surface area contributed by atoms with Gasteiger partial charge in [-0.25, -0.2) is 4.79 Å². The molecule has 90 valence electrons. The molecule has 0 saturated carbocycles. The number of hydrogen-bond acceptors (Lipinski definition) is 2. The van der Waals surface area contributed by atoms with Gasteiger partial charge in [0, 0.05) is 5.57 Å². The largest absolute Gasteiger partial charge is 0.462 e. The summed E-state index contributed by atoms with van der Waals surface area (Å²) >= 11 is 0. The van der Waals surface area contributed by atoms with Gasteiger partial charge in [0.2, 0.25) is 0 Å². The van der Waals surface area contributed by atoms with Crippen LogP contribution in [0.2, 0.25) is 0 Å². The lowest BCUT2D eigenvalue weighted by molar-refractivity contribution is -0.138. The third kappa shape index (κ3) is 3.93. The van der Waals surface area contributed by atoms with E-state index in [9.17, 15) is 4.79 Å². The van der Waals surface area contributed by atoms with Crippen LogP contribution in [0, 0.1) is 0 Å². The van der Waals surface area contributed by atoms with Gasteiger partial charge in [-0.3, -0.25) is 0 Å². The fourth-order valence-electron chi connectivity index (χ4n) is 1.52. The second-order valence-electron chi connectivity index (χ2n) is 3.67. The van der Waals surface area contributed by atoms with E-state index >= 15 is 0 Å². The zero-order chi connectivity index (χ0) is 12.7. The van der Waals surface area contributed by atoms with Crippen molar-refractivity contribution in [3.8, 4) is 0 Å². The molecule has 0 saturated heterocycles. The molecule has 0 fully saturated rings. The first kappa shape index (κ1) is 13.3. The molecular formula is C15H18O2. The predicted octanol–water partition coefficient (Wildman–Crippen LogP) is 3.59. The Morgan fingerprint density at radius 1 is 1.24 bits per heavy atom. The smallest absolute Gasteiger partial charge is 0.341 e. The highest BCUT2D eigenvalue weighted by Crippen LogP contribution is 2.16. The Labute approximate surface area is 103 Å². The second-order valence-corrected chi connectivity index (χ2v) is 3.67. The molecule has 0 bridgehead atoms.